The molecule has 1 aromatic carbocycles. The van der Waals surface area contributed by atoms with Crippen molar-refractivity contribution in [3.63, 3.8) is 0 Å². The standard InChI is InChI=1S/C16H16Cl2N4O2/c17-11-3-4-14(13(18)6-11)22-15(23)10-7-19-16(20-8-10)21-9-12-2-1-5-24-12/h3-4,6-8,12H,1-2,5,9H2,(H,22,23)(H,19,20,21). The molecule has 1 fully saturated rings. The van der Waals surface area contributed by atoms with Crippen LogP contribution in [0.25, 0.3) is 0 Å². The Bertz CT molecular complexity index is 719. The summed E-state index contributed by atoms with van der Waals surface area (Å²) < 4.78 is 5.52. The quantitative estimate of drug-likeness (QED) is 0.844. The first-order valence-electron chi connectivity index (χ1n) is 7.56. The first kappa shape index (κ1) is 17.0. The molecule has 1 saturated heterocycles. The summed E-state index contributed by atoms with van der Waals surface area (Å²) in [6.07, 6.45) is 5.24. The number of carbonyl (C=O) groups is 1. The molecule has 8 heteroatoms. The molecule has 0 bridgehead atoms. The molecule has 0 saturated carbocycles. The van der Waals surface area contributed by atoms with Crippen LogP contribution < -0.4 is 10.6 Å². The topological polar surface area (TPSA) is 76.1 Å². The average molecular weight is 367 g/mol. The summed E-state index contributed by atoms with van der Waals surface area (Å²) >= 11 is 11.9. The van der Waals surface area contributed by atoms with Gasteiger partial charge in [-0.3, -0.25) is 4.79 Å². The monoisotopic (exact) mass is 366 g/mol. The number of hydrogen-bond acceptors (Lipinski definition) is 5. The van der Waals surface area contributed by atoms with E-state index in [0.29, 0.717) is 33.8 Å². The third-order valence-electron chi connectivity index (χ3n) is 3.61. The molecule has 6 nitrogen and oxygen atoms in total. The minimum absolute atomic E-state index is 0.198. The van der Waals surface area contributed by atoms with Gasteiger partial charge in [0.15, 0.2) is 0 Å². The maximum Gasteiger partial charge on any atom is 0.258 e. The molecule has 24 heavy (non-hydrogen) atoms. The number of carbonyl (C=O) groups excluding carboxylic acids is 1. The van der Waals surface area contributed by atoms with Gasteiger partial charge in [0.1, 0.15) is 0 Å². The minimum Gasteiger partial charge on any atom is -0.376 e. The Kier molecular flexibility index (Phi) is 5.50. The van der Waals surface area contributed by atoms with Crippen LogP contribution in [0.15, 0.2) is 30.6 Å². The third-order valence-corrected chi connectivity index (χ3v) is 4.15. The van der Waals surface area contributed by atoms with Crippen molar-refractivity contribution in [1.82, 2.24) is 9.97 Å². The van der Waals surface area contributed by atoms with E-state index in [1.807, 2.05) is 0 Å². The lowest BCUT2D eigenvalue weighted by atomic mass is 10.2. The maximum atomic E-state index is 12.2. The highest BCUT2D eigenvalue weighted by atomic mass is 35.5. The third kappa shape index (κ3) is 4.35. The van der Waals surface area contributed by atoms with Gasteiger partial charge in [-0.25, -0.2) is 9.97 Å². The highest BCUT2D eigenvalue weighted by Crippen LogP contribution is 2.25. The van der Waals surface area contributed by atoms with Crippen LogP contribution in [-0.4, -0.2) is 35.1 Å². The van der Waals surface area contributed by atoms with Crippen LogP contribution in [0.4, 0.5) is 11.6 Å². The smallest absolute Gasteiger partial charge is 0.258 e. The molecule has 3 rings (SSSR count). The largest absolute Gasteiger partial charge is 0.376 e. The SMILES string of the molecule is O=C(Nc1ccc(Cl)cc1Cl)c1cnc(NCC2CCCO2)nc1. The van der Waals surface area contributed by atoms with Gasteiger partial charge in [-0.2, -0.15) is 0 Å². The highest BCUT2D eigenvalue weighted by molar-refractivity contribution is 6.36. The number of ether oxygens (including phenoxy) is 1. The number of halogens is 2. The fraction of sp³-hybridized carbons (Fsp3) is 0.312. The Labute approximate surface area is 149 Å². The number of hydrogen-bond donors (Lipinski definition) is 2. The fourth-order valence-corrected chi connectivity index (χ4v) is 2.79. The van der Waals surface area contributed by atoms with Gasteiger partial charge in [0.05, 0.1) is 22.4 Å². The van der Waals surface area contributed by atoms with Crippen LogP contribution in [0.2, 0.25) is 10.0 Å². The second-order valence-electron chi connectivity index (χ2n) is 5.39. The first-order valence-corrected chi connectivity index (χ1v) is 8.31. The molecule has 2 aromatic rings. The number of nitrogens with zero attached hydrogens (tertiary/aromatic N) is 2. The number of nitrogens with one attached hydrogen (secondary N) is 2. The Hall–Kier alpha value is -1.89. The second-order valence-corrected chi connectivity index (χ2v) is 6.23. The van der Waals surface area contributed by atoms with Gasteiger partial charge in [0.25, 0.3) is 5.91 Å². The van der Waals surface area contributed by atoms with Gasteiger partial charge in [-0.15, -0.1) is 0 Å². The zero-order chi connectivity index (χ0) is 16.9. The summed E-state index contributed by atoms with van der Waals surface area (Å²) in [5.41, 5.74) is 0.815. The number of benzene rings is 1. The van der Waals surface area contributed by atoms with Crippen molar-refractivity contribution >= 4 is 40.7 Å². The molecule has 0 spiro atoms. The normalized spacial score (nSPS) is 16.8. The van der Waals surface area contributed by atoms with Crippen LogP contribution in [0.3, 0.4) is 0 Å². The zero-order valence-electron chi connectivity index (χ0n) is 12.8. The van der Waals surface area contributed by atoms with Gasteiger partial charge in [-0.05, 0) is 31.0 Å². The first-order chi connectivity index (χ1) is 11.6. The molecule has 0 aliphatic carbocycles. The molecule has 126 valence electrons. The van der Waals surface area contributed by atoms with Crippen LogP contribution >= 0.6 is 23.2 Å². The number of amides is 1. The van der Waals surface area contributed by atoms with E-state index in [2.05, 4.69) is 20.6 Å². The van der Waals surface area contributed by atoms with E-state index in [1.165, 1.54) is 12.4 Å². The summed E-state index contributed by atoms with van der Waals surface area (Å²) in [5.74, 6) is 0.122. The van der Waals surface area contributed by atoms with Crippen molar-refractivity contribution in [2.75, 3.05) is 23.8 Å². The Morgan fingerprint density at radius 2 is 2.08 bits per heavy atom. The number of rotatable bonds is 5. The second kappa shape index (κ2) is 7.79. The van der Waals surface area contributed by atoms with E-state index in [1.54, 1.807) is 18.2 Å². The molecule has 2 N–H and O–H groups in total. The molecule has 0 radical (unpaired) electrons. The van der Waals surface area contributed by atoms with Crippen LogP contribution in [-0.2, 0) is 4.74 Å². The molecule has 1 unspecified atom stereocenters. The lowest BCUT2D eigenvalue weighted by molar-refractivity contribution is 0.102. The molecule has 1 aromatic heterocycles. The van der Waals surface area contributed by atoms with Gasteiger partial charge in [0, 0.05) is 30.6 Å². The van der Waals surface area contributed by atoms with Crippen LogP contribution in [0, 0.1) is 0 Å². The fourth-order valence-electron chi connectivity index (χ4n) is 2.33. The van der Waals surface area contributed by atoms with Crippen molar-refractivity contribution in [2.45, 2.75) is 18.9 Å². The zero-order valence-corrected chi connectivity index (χ0v) is 14.3. The summed E-state index contributed by atoms with van der Waals surface area (Å²) in [4.78, 5) is 20.5. The van der Waals surface area contributed by atoms with Crippen molar-refractivity contribution in [3.8, 4) is 0 Å². The Morgan fingerprint density at radius 3 is 2.75 bits per heavy atom. The van der Waals surface area contributed by atoms with E-state index in [-0.39, 0.29) is 12.0 Å². The van der Waals surface area contributed by atoms with Crippen molar-refractivity contribution in [2.24, 2.45) is 0 Å². The summed E-state index contributed by atoms with van der Waals surface area (Å²) in [7, 11) is 0. The summed E-state index contributed by atoms with van der Waals surface area (Å²) in [6.45, 7) is 1.46. The summed E-state index contributed by atoms with van der Waals surface area (Å²) in [6, 6.07) is 4.85. The molecule has 2 heterocycles. The lowest BCUT2D eigenvalue weighted by Crippen LogP contribution is -2.20. The van der Waals surface area contributed by atoms with E-state index in [4.69, 9.17) is 27.9 Å². The summed E-state index contributed by atoms with van der Waals surface area (Å²) in [5, 5.41) is 6.67. The van der Waals surface area contributed by atoms with Crippen LogP contribution in [0.5, 0.6) is 0 Å². The minimum atomic E-state index is -0.343. The van der Waals surface area contributed by atoms with E-state index < -0.39 is 0 Å². The Balaban J connectivity index is 1.58. The molecular weight excluding hydrogens is 351 g/mol. The molecule has 1 atom stereocenters. The molecule has 1 amide bonds. The van der Waals surface area contributed by atoms with E-state index >= 15 is 0 Å². The van der Waals surface area contributed by atoms with Gasteiger partial charge < -0.3 is 15.4 Å². The number of anilines is 2. The molecular formula is C16H16Cl2N4O2. The van der Waals surface area contributed by atoms with Crippen LogP contribution in [0.1, 0.15) is 23.2 Å². The highest BCUT2D eigenvalue weighted by Gasteiger charge is 2.15. The maximum absolute atomic E-state index is 12.2. The van der Waals surface area contributed by atoms with Gasteiger partial charge in [-0.1, -0.05) is 23.2 Å². The predicted molar refractivity (Wildman–Crippen MR) is 93.9 cm³/mol. The average Bonchev–Trinajstić information content (AvgIpc) is 3.09. The lowest BCUT2D eigenvalue weighted by Gasteiger charge is -2.11. The van der Waals surface area contributed by atoms with Gasteiger partial charge in [0.2, 0.25) is 5.95 Å². The Morgan fingerprint density at radius 1 is 1.29 bits per heavy atom. The molecule has 1 aliphatic rings. The van der Waals surface area contributed by atoms with Crippen molar-refractivity contribution in [3.05, 3.63) is 46.2 Å². The molecule has 1 aliphatic heterocycles. The van der Waals surface area contributed by atoms with Gasteiger partial charge >= 0.3 is 0 Å². The number of aromatic nitrogens is 2. The van der Waals surface area contributed by atoms with Crippen molar-refractivity contribution in [1.29, 1.82) is 0 Å². The predicted octanol–water partition coefficient (Wildman–Crippen LogP) is 3.63. The van der Waals surface area contributed by atoms with E-state index in [9.17, 15) is 4.79 Å². The van der Waals surface area contributed by atoms with E-state index in [0.717, 1.165) is 19.4 Å². The van der Waals surface area contributed by atoms with Crippen molar-refractivity contribution < 1.29 is 9.53 Å².